The molecule has 2 nitrogen and oxygen atoms in total. The first-order chi connectivity index (χ1) is 16.4. The van der Waals surface area contributed by atoms with Crippen molar-refractivity contribution in [2.45, 2.75) is 38.5 Å². The fraction of sp³-hybridized carbons (Fsp3) is 0.194. The summed E-state index contributed by atoms with van der Waals surface area (Å²) < 4.78 is 0. The standard InChI is InChI=1S/C23H19N.C8H9N/c1-2-7-18-16(5-1)10-11-23-20-9-3-8-19(17-6-4-14-24-15-17)22(20)13-12-21(18)23;1-3-8-4-2-7(1)5-6-9-8/h1,3-6,8-11,14-15H,2,7,12-13H2;1,3,5-6,9H,2,4H2. The first kappa shape index (κ1) is 20.0. The quantitative estimate of drug-likeness (QED) is 0.444. The summed E-state index contributed by atoms with van der Waals surface area (Å²) in [7, 11) is 0. The van der Waals surface area contributed by atoms with Gasteiger partial charge in [0.25, 0.3) is 0 Å². The Morgan fingerprint density at radius 2 is 1.61 bits per heavy atom. The number of nitrogens with one attached hydrogen (secondary N) is 1. The maximum Gasteiger partial charge on any atom is 0.0346 e. The van der Waals surface area contributed by atoms with Crippen molar-refractivity contribution in [2.24, 2.45) is 0 Å². The molecule has 8 rings (SSSR count). The van der Waals surface area contributed by atoms with Crippen molar-refractivity contribution < 1.29 is 0 Å². The summed E-state index contributed by atoms with van der Waals surface area (Å²) in [6, 6.07) is 15.5. The molecule has 33 heavy (non-hydrogen) atoms. The molecule has 3 aliphatic carbocycles. The summed E-state index contributed by atoms with van der Waals surface area (Å²) in [6.07, 6.45) is 23.9. The van der Waals surface area contributed by atoms with Crippen molar-refractivity contribution in [3.8, 4) is 22.3 Å². The minimum Gasteiger partial charge on any atom is -0.365 e. The lowest BCUT2D eigenvalue weighted by Crippen LogP contribution is -2.10. The van der Waals surface area contributed by atoms with E-state index in [1.165, 1.54) is 70.3 Å². The van der Waals surface area contributed by atoms with Gasteiger partial charge in [0, 0.05) is 29.9 Å². The van der Waals surface area contributed by atoms with Gasteiger partial charge in [0.15, 0.2) is 0 Å². The number of aromatic nitrogens is 1. The number of rotatable bonds is 1. The van der Waals surface area contributed by atoms with Gasteiger partial charge in [-0.15, -0.1) is 0 Å². The number of hydrogen-bond donors (Lipinski definition) is 1. The van der Waals surface area contributed by atoms with E-state index in [-0.39, 0.29) is 0 Å². The third kappa shape index (κ3) is 3.87. The van der Waals surface area contributed by atoms with E-state index >= 15 is 0 Å². The summed E-state index contributed by atoms with van der Waals surface area (Å²) in [5, 5.41) is 3.20. The monoisotopic (exact) mass is 428 g/mol. The Morgan fingerprint density at radius 3 is 2.48 bits per heavy atom. The second-order valence-corrected chi connectivity index (χ2v) is 9.09. The van der Waals surface area contributed by atoms with Crippen LogP contribution >= 0.6 is 0 Å². The van der Waals surface area contributed by atoms with Gasteiger partial charge in [-0.05, 0) is 101 Å². The minimum atomic E-state index is 1.12. The van der Waals surface area contributed by atoms with Crippen molar-refractivity contribution in [1.29, 1.82) is 0 Å². The van der Waals surface area contributed by atoms with Crippen LogP contribution in [0.5, 0.6) is 0 Å². The lowest BCUT2D eigenvalue weighted by Gasteiger charge is -2.26. The van der Waals surface area contributed by atoms with Crippen LogP contribution in [-0.4, -0.2) is 4.98 Å². The van der Waals surface area contributed by atoms with E-state index in [1.54, 1.807) is 11.1 Å². The van der Waals surface area contributed by atoms with E-state index in [0.717, 1.165) is 12.8 Å². The van der Waals surface area contributed by atoms with Gasteiger partial charge in [0.1, 0.15) is 0 Å². The zero-order valence-electron chi connectivity index (χ0n) is 18.9. The van der Waals surface area contributed by atoms with Crippen LogP contribution in [0.1, 0.15) is 41.5 Å². The highest BCUT2D eigenvalue weighted by Crippen LogP contribution is 2.41. The molecule has 0 saturated carbocycles. The van der Waals surface area contributed by atoms with Crippen molar-refractivity contribution in [1.82, 2.24) is 10.3 Å². The topological polar surface area (TPSA) is 24.9 Å². The Morgan fingerprint density at radius 1 is 0.697 bits per heavy atom. The molecule has 3 aromatic rings. The molecule has 0 radical (unpaired) electrons. The number of fused-ring (bicyclic) bond motifs is 8. The summed E-state index contributed by atoms with van der Waals surface area (Å²) in [4.78, 5) is 4.30. The van der Waals surface area contributed by atoms with Gasteiger partial charge < -0.3 is 5.32 Å². The zero-order valence-corrected chi connectivity index (χ0v) is 18.9. The van der Waals surface area contributed by atoms with E-state index in [9.17, 15) is 0 Å². The molecule has 0 spiro atoms. The first-order valence-corrected chi connectivity index (χ1v) is 12.0. The predicted octanol–water partition coefficient (Wildman–Crippen LogP) is 7.18. The van der Waals surface area contributed by atoms with Crippen molar-refractivity contribution >= 4 is 6.08 Å². The van der Waals surface area contributed by atoms with E-state index in [1.807, 2.05) is 24.7 Å². The summed E-state index contributed by atoms with van der Waals surface area (Å²) in [5.74, 6) is 0. The van der Waals surface area contributed by atoms with Crippen LogP contribution in [0.3, 0.4) is 0 Å². The van der Waals surface area contributed by atoms with Crippen LogP contribution in [-0.2, 0) is 19.3 Å². The molecular formula is C31H28N2. The molecule has 1 aromatic heterocycles. The summed E-state index contributed by atoms with van der Waals surface area (Å²) >= 11 is 0. The Balaban J connectivity index is 0.000000192. The number of allylic oxidation sites excluding steroid dienone is 6. The van der Waals surface area contributed by atoms with Gasteiger partial charge >= 0.3 is 0 Å². The molecule has 5 aliphatic rings. The third-order valence-corrected chi connectivity index (χ3v) is 7.14. The lowest BCUT2D eigenvalue weighted by atomic mass is 9.78. The average Bonchev–Trinajstić information content (AvgIpc) is 3.27. The maximum atomic E-state index is 4.30. The van der Waals surface area contributed by atoms with Gasteiger partial charge in [-0.1, -0.05) is 54.6 Å². The van der Waals surface area contributed by atoms with Crippen molar-refractivity contribution in [3.63, 3.8) is 0 Å². The van der Waals surface area contributed by atoms with Crippen LogP contribution < -0.4 is 5.32 Å². The van der Waals surface area contributed by atoms with E-state index in [2.05, 4.69) is 77.1 Å². The molecule has 2 heteroatoms. The van der Waals surface area contributed by atoms with Crippen LogP contribution in [0.25, 0.3) is 28.3 Å². The highest BCUT2D eigenvalue weighted by atomic mass is 14.9. The second-order valence-electron chi connectivity index (χ2n) is 9.09. The van der Waals surface area contributed by atoms with Crippen molar-refractivity contribution in [2.75, 3.05) is 0 Å². The van der Waals surface area contributed by atoms with Gasteiger partial charge in [-0.2, -0.15) is 0 Å². The highest BCUT2D eigenvalue weighted by molar-refractivity contribution is 5.83. The number of hydrogen-bond acceptors (Lipinski definition) is 2. The van der Waals surface area contributed by atoms with Crippen LogP contribution in [0.4, 0.5) is 0 Å². The molecular weight excluding hydrogens is 400 g/mol. The number of pyridine rings is 1. The summed E-state index contributed by atoms with van der Waals surface area (Å²) in [6.45, 7) is 0. The first-order valence-electron chi connectivity index (χ1n) is 12.0. The minimum absolute atomic E-state index is 1.12. The van der Waals surface area contributed by atoms with E-state index < -0.39 is 0 Å². The molecule has 162 valence electrons. The molecule has 0 unspecified atom stereocenters. The van der Waals surface area contributed by atoms with Gasteiger partial charge in [-0.3, -0.25) is 4.98 Å². The van der Waals surface area contributed by atoms with Crippen LogP contribution in [0, 0.1) is 0 Å². The molecule has 2 bridgehead atoms. The number of benzene rings is 2. The third-order valence-electron chi connectivity index (χ3n) is 7.14. The molecule has 2 aromatic carbocycles. The lowest BCUT2D eigenvalue weighted by molar-refractivity contribution is 0.874. The molecule has 0 atom stereocenters. The largest absolute Gasteiger partial charge is 0.365 e. The summed E-state index contributed by atoms with van der Waals surface area (Å²) in [5.41, 5.74) is 14.2. The predicted molar refractivity (Wildman–Crippen MR) is 138 cm³/mol. The molecule has 2 aliphatic heterocycles. The van der Waals surface area contributed by atoms with E-state index in [4.69, 9.17) is 0 Å². The Labute approximate surface area is 196 Å². The molecule has 1 N–H and O–H groups in total. The normalized spacial score (nSPS) is 16.7. The molecule has 3 heterocycles. The fourth-order valence-corrected chi connectivity index (χ4v) is 5.46. The van der Waals surface area contributed by atoms with Crippen molar-refractivity contribution in [3.05, 3.63) is 119 Å². The maximum absolute atomic E-state index is 4.30. The fourth-order valence-electron chi connectivity index (χ4n) is 5.46. The Bertz CT molecular complexity index is 1320. The van der Waals surface area contributed by atoms with Gasteiger partial charge in [0.2, 0.25) is 0 Å². The number of nitrogens with zero attached hydrogens (tertiary/aromatic N) is 1. The average molecular weight is 429 g/mol. The molecule has 0 saturated heterocycles. The smallest absolute Gasteiger partial charge is 0.0346 e. The van der Waals surface area contributed by atoms with E-state index in [0.29, 0.717) is 0 Å². The SMILES string of the molecule is C1=CC2=CC=C(CC2)N1.C1=Cc2ccc3c(c2CC1)CCc1c(-c2cccnc2)cccc1-3. The van der Waals surface area contributed by atoms with Gasteiger partial charge in [0.05, 0.1) is 0 Å². The Kier molecular flexibility index (Phi) is 5.28. The second kappa shape index (κ2) is 8.71. The zero-order chi connectivity index (χ0) is 22.0. The molecule has 0 fully saturated rings. The van der Waals surface area contributed by atoms with Crippen LogP contribution in [0.2, 0.25) is 0 Å². The van der Waals surface area contributed by atoms with Gasteiger partial charge in [-0.25, -0.2) is 0 Å². The Hall–Kier alpha value is -3.65. The van der Waals surface area contributed by atoms with Crippen LogP contribution in [0.15, 0.2) is 96.6 Å². The molecule has 0 amide bonds. The highest BCUT2D eigenvalue weighted by Gasteiger charge is 2.23.